The summed E-state index contributed by atoms with van der Waals surface area (Å²) in [7, 11) is 1.95. The number of para-hydroxylation sites is 1. The molecule has 0 N–H and O–H groups in total. The SMILES string of the molecule is Cn1cccc1/C=C(/C#N)c1nnc(N2CCOCC2)n1-c1ccccc1. The molecule has 2 aromatic heterocycles. The van der Waals surface area contributed by atoms with Crippen molar-refractivity contribution < 1.29 is 4.74 Å². The predicted octanol–water partition coefficient (Wildman–Crippen LogP) is 2.51. The fraction of sp³-hybridized carbons (Fsp3) is 0.250. The summed E-state index contributed by atoms with van der Waals surface area (Å²) in [6, 6.07) is 16.1. The molecule has 3 heterocycles. The van der Waals surface area contributed by atoms with Gasteiger partial charge in [-0.3, -0.25) is 4.57 Å². The predicted molar refractivity (Wildman–Crippen MR) is 103 cm³/mol. The minimum atomic E-state index is 0.465. The molecule has 4 rings (SSSR count). The Morgan fingerprint density at radius 3 is 2.56 bits per heavy atom. The van der Waals surface area contributed by atoms with E-state index in [-0.39, 0.29) is 0 Å². The molecule has 0 aliphatic carbocycles. The third kappa shape index (κ3) is 3.35. The van der Waals surface area contributed by atoms with E-state index < -0.39 is 0 Å². The normalized spacial score (nSPS) is 15.0. The van der Waals surface area contributed by atoms with E-state index in [2.05, 4.69) is 21.2 Å². The Bertz CT molecular complexity index is 989. The number of anilines is 1. The minimum absolute atomic E-state index is 0.465. The average molecular weight is 360 g/mol. The van der Waals surface area contributed by atoms with Gasteiger partial charge in [0, 0.05) is 32.0 Å². The van der Waals surface area contributed by atoms with Gasteiger partial charge in [-0.2, -0.15) is 5.26 Å². The highest BCUT2D eigenvalue weighted by atomic mass is 16.5. The van der Waals surface area contributed by atoms with Crippen LogP contribution in [0.2, 0.25) is 0 Å². The number of aryl methyl sites for hydroxylation is 1. The summed E-state index contributed by atoms with van der Waals surface area (Å²) in [5, 5.41) is 18.6. The fourth-order valence-electron chi connectivity index (χ4n) is 3.15. The van der Waals surface area contributed by atoms with Crippen molar-refractivity contribution in [3.05, 3.63) is 60.2 Å². The zero-order valence-corrected chi connectivity index (χ0v) is 15.1. The van der Waals surface area contributed by atoms with Crippen LogP contribution in [0.3, 0.4) is 0 Å². The van der Waals surface area contributed by atoms with Gasteiger partial charge in [-0.15, -0.1) is 10.2 Å². The quantitative estimate of drug-likeness (QED) is 0.669. The number of aromatic nitrogens is 4. The molecule has 27 heavy (non-hydrogen) atoms. The van der Waals surface area contributed by atoms with E-state index in [0.29, 0.717) is 24.6 Å². The van der Waals surface area contributed by atoms with Crippen molar-refractivity contribution in [1.29, 1.82) is 5.26 Å². The largest absolute Gasteiger partial charge is 0.378 e. The number of nitrogens with zero attached hydrogens (tertiary/aromatic N) is 6. The smallest absolute Gasteiger partial charge is 0.232 e. The molecule has 0 unspecified atom stereocenters. The summed E-state index contributed by atoms with van der Waals surface area (Å²) in [4.78, 5) is 2.14. The summed E-state index contributed by atoms with van der Waals surface area (Å²) >= 11 is 0. The zero-order chi connectivity index (χ0) is 18.6. The maximum atomic E-state index is 9.82. The summed E-state index contributed by atoms with van der Waals surface area (Å²) in [5.74, 6) is 1.26. The molecule has 1 aromatic carbocycles. The van der Waals surface area contributed by atoms with Crippen LogP contribution in [0.1, 0.15) is 11.5 Å². The van der Waals surface area contributed by atoms with Crippen molar-refractivity contribution in [3.8, 4) is 11.8 Å². The topological polar surface area (TPSA) is 71.9 Å². The maximum Gasteiger partial charge on any atom is 0.232 e. The van der Waals surface area contributed by atoms with Crippen molar-refractivity contribution in [2.75, 3.05) is 31.2 Å². The summed E-state index contributed by atoms with van der Waals surface area (Å²) in [6.07, 6.45) is 3.79. The first-order valence-corrected chi connectivity index (χ1v) is 8.85. The molecule has 7 heteroatoms. The molecule has 0 bridgehead atoms. The van der Waals surface area contributed by atoms with E-state index in [4.69, 9.17) is 4.74 Å². The molecule has 1 aliphatic heterocycles. The van der Waals surface area contributed by atoms with E-state index in [1.54, 1.807) is 0 Å². The van der Waals surface area contributed by atoms with Crippen molar-refractivity contribution in [2.45, 2.75) is 0 Å². The number of hydrogen-bond acceptors (Lipinski definition) is 5. The average Bonchev–Trinajstić information content (AvgIpc) is 3.34. The van der Waals surface area contributed by atoms with E-state index in [1.807, 2.05) is 70.9 Å². The first-order chi connectivity index (χ1) is 13.3. The standard InChI is InChI=1S/C20H20N6O/c1-24-9-5-8-18(24)14-16(15-21)19-22-23-20(25-10-12-27-13-11-25)26(19)17-6-3-2-4-7-17/h2-9,14H,10-13H2,1H3/b16-14-. The molecule has 0 saturated carbocycles. The number of rotatable bonds is 4. The lowest BCUT2D eigenvalue weighted by Crippen LogP contribution is -2.38. The molecule has 0 atom stereocenters. The Hall–Kier alpha value is -3.37. The van der Waals surface area contributed by atoms with E-state index in [0.717, 1.165) is 30.4 Å². The Labute approximate surface area is 157 Å². The van der Waals surface area contributed by atoms with Crippen LogP contribution in [0, 0.1) is 11.3 Å². The summed E-state index contributed by atoms with van der Waals surface area (Å²) < 4.78 is 9.37. The Balaban J connectivity index is 1.85. The van der Waals surface area contributed by atoms with Crippen molar-refractivity contribution in [1.82, 2.24) is 19.3 Å². The van der Waals surface area contributed by atoms with E-state index >= 15 is 0 Å². The molecule has 1 aliphatic rings. The van der Waals surface area contributed by atoms with Gasteiger partial charge in [0.1, 0.15) is 6.07 Å². The van der Waals surface area contributed by atoms with Gasteiger partial charge in [-0.05, 0) is 30.3 Å². The number of morpholine rings is 1. The molecular weight excluding hydrogens is 340 g/mol. The number of allylic oxidation sites excluding steroid dienone is 1. The van der Waals surface area contributed by atoms with Crippen LogP contribution in [0.5, 0.6) is 0 Å². The van der Waals surface area contributed by atoms with Crippen molar-refractivity contribution >= 4 is 17.6 Å². The van der Waals surface area contributed by atoms with Crippen LogP contribution >= 0.6 is 0 Å². The van der Waals surface area contributed by atoms with Crippen molar-refractivity contribution in [2.24, 2.45) is 7.05 Å². The fourth-order valence-corrected chi connectivity index (χ4v) is 3.15. The second-order valence-corrected chi connectivity index (χ2v) is 6.31. The molecule has 3 aromatic rings. The van der Waals surface area contributed by atoms with Gasteiger partial charge in [0.15, 0.2) is 5.82 Å². The minimum Gasteiger partial charge on any atom is -0.378 e. The van der Waals surface area contributed by atoms with Gasteiger partial charge in [0.05, 0.1) is 24.5 Å². The zero-order valence-electron chi connectivity index (χ0n) is 15.1. The van der Waals surface area contributed by atoms with Gasteiger partial charge < -0.3 is 14.2 Å². The number of ether oxygens (including phenoxy) is 1. The first kappa shape index (κ1) is 17.1. The first-order valence-electron chi connectivity index (χ1n) is 8.85. The highest BCUT2D eigenvalue weighted by molar-refractivity contribution is 5.87. The van der Waals surface area contributed by atoms with E-state index in [1.165, 1.54) is 0 Å². The number of hydrogen-bond donors (Lipinski definition) is 0. The summed E-state index contributed by atoms with van der Waals surface area (Å²) in [5.41, 5.74) is 2.32. The molecule has 1 fully saturated rings. The molecular formula is C20H20N6O. The molecule has 1 saturated heterocycles. The van der Waals surface area contributed by atoms with Crippen molar-refractivity contribution in [3.63, 3.8) is 0 Å². The lowest BCUT2D eigenvalue weighted by atomic mass is 10.2. The van der Waals surface area contributed by atoms with Crippen LogP contribution in [-0.2, 0) is 11.8 Å². The lowest BCUT2D eigenvalue weighted by molar-refractivity contribution is 0.122. The second-order valence-electron chi connectivity index (χ2n) is 6.31. The molecule has 0 spiro atoms. The van der Waals surface area contributed by atoms with Crippen LogP contribution in [-0.4, -0.2) is 45.6 Å². The number of benzene rings is 1. The maximum absolute atomic E-state index is 9.82. The second kappa shape index (κ2) is 7.48. The Morgan fingerprint density at radius 1 is 1.11 bits per heavy atom. The van der Waals surface area contributed by atoms with Crippen LogP contribution < -0.4 is 4.90 Å². The van der Waals surface area contributed by atoms with Crippen LogP contribution in [0.25, 0.3) is 17.3 Å². The van der Waals surface area contributed by atoms with E-state index in [9.17, 15) is 5.26 Å². The highest BCUT2D eigenvalue weighted by Gasteiger charge is 2.23. The van der Waals surface area contributed by atoms with Crippen LogP contribution in [0.4, 0.5) is 5.95 Å². The Morgan fingerprint density at radius 2 is 1.89 bits per heavy atom. The highest BCUT2D eigenvalue weighted by Crippen LogP contribution is 2.26. The number of nitriles is 1. The van der Waals surface area contributed by atoms with Gasteiger partial charge in [-0.25, -0.2) is 0 Å². The lowest BCUT2D eigenvalue weighted by Gasteiger charge is -2.28. The van der Waals surface area contributed by atoms with Crippen LogP contribution in [0.15, 0.2) is 48.7 Å². The van der Waals surface area contributed by atoms with Gasteiger partial charge in [-0.1, -0.05) is 18.2 Å². The van der Waals surface area contributed by atoms with Gasteiger partial charge in [0.25, 0.3) is 0 Å². The molecule has 0 amide bonds. The van der Waals surface area contributed by atoms with Gasteiger partial charge in [0.2, 0.25) is 5.95 Å². The molecule has 136 valence electrons. The Kier molecular flexibility index (Phi) is 4.73. The van der Waals surface area contributed by atoms with Gasteiger partial charge >= 0.3 is 0 Å². The third-order valence-electron chi connectivity index (χ3n) is 4.59. The molecule has 7 nitrogen and oxygen atoms in total. The monoisotopic (exact) mass is 360 g/mol. The summed E-state index contributed by atoms with van der Waals surface area (Å²) in [6.45, 7) is 2.80. The molecule has 0 radical (unpaired) electrons. The third-order valence-corrected chi connectivity index (χ3v) is 4.59.